The number of hydrogen-bond donors (Lipinski definition) is 0. The van der Waals surface area contributed by atoms with Crippen molar-refractivity contribution >= 4 is 18.2 Å². The lowest BCUT2D eigenvalue weighted by Crippen LogP contribution is -2.33. The highest BCUT2D eigenvalue weighted by Crippen LogP contribution is 2.09. The van der Waals surface area contributed by atoms with Crippen molar-refractivity contribution in [2.75, 3.05) is 19.6 Å². The molecule has 0 aromatic rings. The van der Waals surface area contributed by atoms with E-state index in [1.807, 2.05) is 6.92 Å². The van der Waals surface area contributed by atoms with Crippen LogP contribution >= 0.6 is 0 Å². The number of rotatable bonds is 4. The van der Waals surface area contributed by atoms with Crippen molar-refractivity contribution < 1.29 is 14.4 Å². The van der Waals surface area contributed by atoms with E-state index >= 15 is 0 Å². The van der Waals surface area contributed by atoms with Crippen molar-refractivity contribution in [2.45, 2.75) is 13.3 Å². The second kappa shape index (κ2) is 4.02. The van der Waals surface area contributed by atoms with E-state index in [2.05, 4.69) is 0 Å². The van der Waals surface area contributed by atoms with Gasteiger partial charge < -0.3 is 9.69 Å². The van der Waals surface area contributed by atoms with Gasteiger partial charge in [-0.05, 0) is 6.92 Å². The second-order valence-corrected chi connectivity index (χ2v) is 2.80. The predicted molar refractivity (Wildman–Crippen MR) is 45.0 cm³/mol. The normalized spacial score (nSPS) is 17.0. The first-order chi connectivity index (χ1) is 6.20. The Bertz CT molecular complexity index is 240. The summed E-state index contributed by atoms with van der Waals surface area (Å²) >= 11 is 0. The molecule has 0 bridgehead atoms. The Morgan fingerprint density at radius 3 is 2.62 bits per heavy atom. The van der Waals surface area contributed by atoms with E-state index in [1.54, 1.807) is 0 Å². The molecule has 0 saturated carbocycles. The summed E-state index contributed by atoms with van der Waals surface area (Å²) in [6.45, 7) is 2.70. The zero-order valence-electron chi connectivity index (χ0n) is 7.52. The third-order valence-electron chi connectivity index (χ3n) is 1.98. The van der Waals surface area contributed by atoms with Crippen LogP contribution in [0.1, 0.15) is 13.3 Å². The number of amides is 3. The van der Waals surface area contributed by atoms with E-state index < -0.39 is 0 Å². The van der Waals surface area contributed by atoms with Crippen LogP contribution in [0, 0.1) is 0 Å². The van der Waals surface area contributed by atoms with Crippen LogP contribution in [0.2, 0.25) is 0 Å². The Morgan fingerprint density at radius 1 is 1.46 bits per heavy atom. The Balaban J connectivity index is 2.59. The number of urea groups is 1. The monoisotopic (exact) mass is 184 g/mol. The Morgan fingerprint density at radius 2 is 2.15 bits per heavy atom. The molecule has 0 N–H and O–H groups in total. The zero-order chi connectivity index (χ0) is 9.84. The molecule has 1 aliphatic rings. The van der Waals surface area contributed by atoms with Crippen LogP contribution in [-0.2, 0) is 9.59 Å². The Labute approximate surface area is 76.3 Å². The number of nitrogens with zero attached hydrogens (tertiary/aromatic N) is 2. The number of imide groups is 1. The van der Waals surface area contributed by atoms with Gasteiger partial charge in [-0.15, -0.1) is 0 Å². The molecule has 0 aliphatic carbocycles. The van der Waals surface area contributed by atoms with Gasteiger partial charge in [-0.2, -0.15) is 0 Å². The summed E-state index contributed by atoms with van der Waals surface area (Å²) < 4.78 is 0. The van der Waals surface area contributed by atoms with E-state index in [4.69, 9.17) is 0 Å². The van der Waals surface area contributed by atoms with E-state index in [1.165, 1.54) is 4.90 Å². The van der Waals surface area contributed by atoms with Gasteiger partial charge in [0.15, 0.2) is 0 Å². The van der Waals surface area contributed by atoms with E-state index in [9.17, 15) is 14.4 Å². The molecule has 1 fully saturated rings. The molecule has 3 amide bonds. The molecule has 1 rings (SSSR count). The van der Waals surface area contributed by atoms with Gasteiger partial charge in [-0.25, -0.2) is 4.79 Å². The zero-order valence-corrected chi connectivity index (χ0v) is 7.52. The molecule has 1 heterocycles. The predicted octanol–water partition coefficient (Wildman–Crippen LogP) is -0.141. The molecule has 0 aromatic heterocycles. The van der Waals surface area contributed by atoms with Crippen molar-refractivity contribution in [3.8, 4) is 0 Å². The summed E-state index contributed by atoms with van der Waals surface area (Å²) in [7, 11) is 0. The van der Waals surface area contributed by atoms with Gasteiger partial charge in [-0.3, -0.25) is 9.69 Å². The molecule has 0 spiro atoms. The topological polar surface area (TPSA) is 57.7 Å². The van der Waals surface area contributed by atoms with Crippen molar-refractivity contribution in [3.05, 3.63) is 0 Å². The molecule has 0 atom stereocenters. The summed E-state index contributed by atoms with van der Waals surface area (Å²) in [4.78, 5) is 35.2. The number of aldehydes is 1. The largest absolute Gasteiger partial charge is 0.327 e. The summed E-state index contributed by atoms with van der Waals surface area (Å²) in [5.74, 6) is -0.214. The summed E-state index contributed by atoms with van der Waals surface area (Å²) in [6, 6.07) is -0.283. The lowest BCUT2D eigenvalue weighted by molar-refractivity contribution is -0.125. The van der Waals surface area contributed by atoms with Gasteiger partial charge in [0.05, 0.1) is 0 Å². The van der Waals surface area contributed by atoms with Crippen molar-refractivity contribution in [1.29, 1.82) is 0 Å². The van der Waals surface area contributed by atoms with Gasteiger partial charge in [0, 0.05) is 19.5 Å². The molecule has 0 unspecified atom stereocenters. The highest BCUT2D eigenvalue weighted by atomic mass is 16.2. The van der Waals surface area contributed by atoms with E-state index in [0.717, 1.165) is 4.90 Å². The van der Waals surface area contributed by atoms with Crippen LogP contribution in [0.4, 0.5) is 4.79 Å². The van der Waals surface area contributed by atoms with Crippen LogP contribution in [0.3, 0.4) is 0 Å². The average Bonchev–Trinajstić information content (AvgIpc) is 2.39. The van der Waals surface area contributed by atoms with Gasteiger partial charge >= 0.3 is 6.03 Å². The molecule has 1 saturated heterocycles. The minimum Gasteiger partial charge on any atom is -0.315 e. The van der Waals surface area contributed by atoms with Crippen LogP contribution in [0.5, 0.6) is 0 Å². The molecular formula is C8H12N2O3. The number of hydrogen-bond acceptors (Lipinski definition) is 3. The fourth-order valence-electron chi connectivity index (χ4n) is 1.24. The fourth-order valence-corrected chi connectivity index (χ4v) is 1.24. The maximum Gasteiger partial charge on any atom is 0.327 e. The van der Waals surface area contributed by atoms with Crippen molar-refractivity contribution in [2.24, 2.45) is 0 Å². The molecule has 5 heteroatoms. The number of likely N-dealkylation sites (N-methyl/N-ethyl adjacent to an activating group) is 1. The standard InChI is InChI=1S/C8H12N2O3/c1-2-9-6-7(12)10(8(9)13)4-3-5-11/h5H,2-4,6H2,1H3. The SMILES string of the molecule is CCN1CC(=O)N(CCC=O)C1=O. The van der Waals surface area contributed by atoms with Crippen molar-refractivity contribution in [1.82, 2.24) is 9.80 Å². The quantitative estimate of drug-likeness (QED) is 0.451. The van der Waals surface area contributed by atoms with Gasteiger partial charge in [0.25, 0.3) is 0 Å². The van der Waals surface area contributed by atoms with E-state index in [-0.39, 0.29) is 31.4 Å². The fraction of sp³-hybridized carbons (Fsp3) is 0.625. The molecular weight excluding hydrogens is 172 g/mol. The number of carbonyl (C=O) groups excluding carboxylic acids is 3. The first kappa shape index (κ1) is 9.70. The molecule has 0 aromatic carbocycles. The van der Waals surface area contributed by atoms with Crippen LogP contribution < -0.4 is 0 Å². The van der Waals surface area contributed by atoms with Crippen molar-refractivity contribution in [3.63, 3.8) is 0 Å². The lowest BCUT2D eigenvalue weighted by atomic mass is 10.4. The van der Waals surface area contributed by atoms with Crippen LogP contribution in [0.15, 0.2) is 0 Å². The Kier molecular flexibility index (Phi) is 3.00. The third-order valence-corrected chi connectivity index (χ3v) is 1.98. The smallest absolute Gasteiger partial charge is 0.315 e. The minimum atomic E-state index is -0.283. The van der Waals surface area contributed by atoms with Crippen LogP contribution in [-0.4, -0.2) is 47.7 Å². The minimum absolute atomic E-state index is 0.147. The molecule has 0 radical (unpaired) electrons. The Hall–Kier alpha value is -1.39. The highest BCUT2D eigenvalue weighted by molar-refractivity contribution is 6.02. The first-order valence-corrected chi connectivity index (χ1v) is 4.23. The maximum atomic E-state index is 11.4. The highest BCUT2D eigenvalue weighted by Gasteiger charge is 2.34. The second-order valence-electron chi connectivity index (χ2n) is 2.80. The number of carbonyl (C=O) groups is 3. The van der Waals surface area contributed by atoms with E-state index in [0.29, 0.717) is 12.8 Å². The molecule has 72 valence electrons. The third kappa shape index (κ3) is 1.85. The summed E-state index contributed by atoms with van der Waals surface area (Å²) in [5, 5.41) is 0. The first-order valence-electron chi connectivity index (χ1n) is 4.23. The average molecular weight is 184 g/mol. The summed E-state index contributed by atoms with van der Waals surface area (Å²) in [6.07, 6.45) is 0.921. The molecule has 13 heavy (non-hydrogen) atoms. The summed E-state index contributed by atoms with van der Waals surface area (Å²) in [5.41, 5.74) is 0. The lowest BCUT2D eigenvalue weighted by Gasteiger charge is -2.13. The maximum absolute atomic E-state index is 11.4. The van der Waals surface area contributed by atoms with Crippen LogP contribution in [0.25, 0.3) is 0 Å². The van der Waals surface area contributed by atoms with Gasteiger partial charge in [0.2, 0.25) is 5.91 Å². The molecule has 5 nitrogen and oxygen atoms in total. The van der Waals surface area contributed by atoms with Gasteiger partial charge in [-0.1, -0.05) is 0 Å². The van der Waals surface area contributed by atoms with Gasteiger partial charge in [0.1, 0.15) is 12.8 Å². The molecule has 1 aliphatic heterocycles.